The lowest BCUT2D eigenvalue weighted by Gasteiger charge is -2.33. The highest BCUT2D eigenvalue weighted by Crippen LogP contribution is 2.23. The Bertz CT molecular complexity index is 969. The molecule has 0 saturated carbocycles. The Balaban J connectivity index is 1.23. The smallest absolute Gasteiger partial charge is 0.238 e. The number of rotatable bonds is 6. The molecule has 2 aromatic heterocycles. The van der Waals surface area contributed by atoms with Crippen molar-refractivity contribution in [3.8, 4) is 11.5 Å². The number of piperazine rings is 1. The molecule has 3 aromatic rings. The fourth-order valence-corrected chi connectivity index (χ4v) is 4.03. The Morgan fingerprint density at radius 2 is 1.97 bits per heavy atom. The average Bonchev–Trinajstić information content (AvgIpc) is 3.37. The molecule has 4 rings (SSSR count). The third-order valence-electron chi connectivity index (χ3n) is 4.72. The van der Waals surface area contributed by atoms with Crippen LogP contribution in [0.5, 0.6) is 0 Å². The second-order valence-corrected chi connectivity index (χ2v) is 7.77. The van der Waals surface area contributed by atoms with Crippen LogP contribution in [0.3, 0.4) is 0 Å². The number of thiazole rings is 1. The highest BCUT2D eigenvalue weighted by molar-refractivity contribution is 7.09. The summed E-state index contributed by atoms with van der Waals surface area (Å²) in [4.78, 5) is 21.1. The molecule has 0 spiro atoms. The fraction of sp³-hybridized carbons (Fsp3) is 0.300. The van der Waals surface area contributed by atoms with Gasteiger partial charge in [0.15, 0.2) is 5.76 Å². The van der Waals surface area contributed by atoms with Gasteiger partial charge in [0, 0.05) is 37.6 Å². The zero-order valence-electron chi connectivity index (χ0n) is 15.6. The summed E-state index contributed by atoms with van der Waals surface area (Å²) in [5.41, 5.74) is 0.837. The Labute approximate surface area is 170 Å². The molecule has 152 valence electrons. The van der Waals surface area contributed by atoms with E-state index in [1.807, 2.05) is 22.4 Å². The summed E-state index contributed by atoms with van der Waals surface area (Å²) in [6, 6.07) is 6.83. The normalized spacial score (nSPS) is 15.5. The van der Waals surface area contributed by atoms with Crippen molar-refractivity contribution in [2.45, 2.75) is 6.54 Å². The van der Waals surface area contributed by atoms with E-state index < -0.39 is 11.6 Å². The molecule has 0 bridgehead atoms. The molecule has 6 nitrogen and oxygen atoms in total. The monoisotopic (exact) mass is 418 g/mol. The van der Waals surface area contributed by atoms with Crippen molar-refractivity contribution in [1.82, 2.24) is 14.8 Å². The van der Waals surface area contributed by atoms with E-state index in [4.69, 9.17) is 4.42 Å². The van der Waals surface area contributed by atoms with Gasteiger partial charge in [-0.2, -0.15) is 0 Å². The van der Waals surface area contributed by atoms with Crippen LogP contribution >= 0.6 is 11.3 Å². The standard InChI is InChI=1S/C20H20F2N4O2S/c21-14-3-4-16(15(22)10-14)23-19(27)11-25-5-7-26(8-6-25)12-20-24-17(13-29-20)18-2-1-9-28-18/h1-4,9-10,13H,5-8,11-12H2,(H,23,27). The summed E-state index contributed by atoms with van der Waals surface area (Å²) in [7, 11) is 0. The quantitative estimate of drug-likeness (QED) is 0.665. The van der Waals surface area contributed by atoms with Crippen LogP contribution in [0.1, 0.15) is 5.01 Å². The first-order valence-electron chi connectivity index (χ1n) is 9.25. The van der Waals surface area contributed by atoms with Gasteiger partial charge < -0.3 is 9.73 Å². The van der Waals surface area contributed by atoms with Gasteiger partial charge in [0.2, 0.25) is 5.91 Å². The molecule has 1 fully saturated rings. The number of amides is 1. The number of carbonyl (C=O) groups is 1. The van der Waals surface area contributed by atoms with E-state index in [-0.39, 0.29) is 18.1 Å². The maximum atomic E-state index is 13.7. The van der Waals surface area contributed by atoms with E-state index in [1.165, 1.54) is 6.07 Å². The number of nitrogens with zero attached hydrogens (tertiary/aromatic N) is 3. The number of furan rings is 1. The number of hydrogen-bond donors (Lipinski definition) is 1. The molecule has 9 heteroatoms. The van der Waals surface area contributed by atoms with Gasteiger partial charge in [-0.1, -0.05) is 0 Å². The summed E-state index contributed by atoms with van der Waals surface area (Å²) in [5.74, 6) is -0.999. The molecular formula is C20H20F2N4O2S. The molecule has 1 saturated heterocycles. The van der Waals surface area contributed by atoms with E-state index >= 15 is 0 Å². The first kappa shape index (κ1) is 19.7. The first-order valence-corrected chi connectivity index (χ1v) is 10.1. The van der Waals surface area contributed by atoms with E-state index in [0.29, 0.717) is 0 Å². The molecule has 3 heterocycles. The average molecular weight is 418 g/mol. The molecule has 0 aliphatic carbocycles. The highest BCUT2D eigenvalue weighted by atomic mass is 32.1. The van der Waals surface area contributed by atoms with Gasteiger partial charge in [-0.3, -0.25) is 14.6 Å². The van der Waals surface area contributed by atoms with Crippen LogP contribution in [-0.2, 0) is 11.3 Å². The fourth-order valence-electron chi connectivity index (χ4n) is 3.20. The highest BCUT2D eigenvalue weighted by Gasteiger charge is 2.20. The molecule has 1 N–H and O–H groups in total. The summed E-state index contributed by atoms with van der Waals surface area (Å²) < 4.78 is 32.0. The number of nitrogens with one attached hydrogen (secondary N) is 1. The van der Waals surface area contributed by atoms with E-state index in [9.17, 15) is 13.6 Å². The number of hydrogen-bond acceptors (Lipinski definition) is 6. The minimum atomic E-state index is -0.777. The minimum Gasteiger partial charge on any atom is -0.463 e. The lowest BCUT2D eigenvalue weighted by molar-refractivity contribution is -0.117. The van der Waals surface area contributed by atoms with Crippen molar-refractivity contribution in [3.05, 3.63) is 58.6 Å². The van der Waals surface area contributed by atoms with Crippen LogP contribution in [0, 0.1) is 11.6 Å². The summed E-state index contributed by atoms with van der Waals surface area (Å²) in [5, 5.41) is 5.51. The van der Waals surface area contributed by atoms with Crippen LogP contribution in [0.15, 0.2) is 46.4 Å². The minimum absolute atomic E-state index is 0.00818. The van der Waals surface area contributed by atoms with E-state index in [0.717, 1.165) is 61.3 Å². The van der Waals surface area contributed by atoms with Crippen LogP contribution in [0.2, 0.25) is 0 Å². The van der Waals surface area contributed by atoms with E-state index in [1.54, 1.807) is 17.6 Å². The summed E-state index contributed by atoms with van der Waals surface area (Å²) in [6.07, 6.45) is 1.63. The van der Waals surface area contributed by atoms with Crippen molar-refractivity contribution in [2.24, 2.45) is 0 Å². The maximum Gasteiger partial charge on any atom is 0.238 e. The molecule has 1 amide bonds. The molecule has 1 aliphatic rings. The van der Waals surface area contributed by atoms with Crippen molar-refractivity contribution in [1.29, 1.82) is 0 Å². The Morgan fingerprint density at radius 3 is 2.69 bits per heavy atom. The second kappa shape index (κ2) is 8.81. The lowest BCUT2D eigenvalue weighted by atomic mass is 10.2. The molecule has 0 radical (unpaired) electrons. The largest absolute Gasteiger partial charge is 0.463 e. The SMILES string of the molecule is O=C(CN1CCN(Cc2nc(-c3ccco3)cs2)CC1)Nc1ccc(F)cc1F. The first-order chi connectivity index (χ1) is 14.1. The third-order valence-corrected chi connectivity index (χ3v) is 5.56. The zero-order chi connectivity index (χ0) is 20.2. The van der Waals surface area contributed by atoms with Gasteiger partial charge in [-0.05, 0) is 24.3 Å². The van der Waals surface area contributed by atoms with Crippen LogP contribution in [-0.4, -0.2) is 53.4 Å². The molecular weight excluding hydrogens is 398 g/mol. The van der Waals surface area contributed by atoms with E-state index in [2.05, 4.69) is 15.2 Å². The van der Waals surface area contributed by atoms with Gasteiger partial charge in [-0.15, -0.1) is 11.3 Å². The van der Waals surface area contributed by atoms with Gasteiger partial charge in [0.25, 0.3) is 0 Å². The van der Waals surface area contributed by atoms with Gasteiger partial charge >= 0.3 is 0 Å². The zero-order valence-corrected chi connectivity index (χ0v) is 16.4. The van der Waals surface area contributed by atoms with Crippen LogP contribution in [0.25, 0.3) is 11.5 Å². The number of halogens is 2. The van der Waals surface area contributed by atoms with Crippen molar-refractivity contribution in [2.75, 3.05) is 38.0 Å². The predicted octanol–water partition coefficient (Wildman–Crippen LogP) is 3.44. The van der Waals surface area contributed by atoms with Gasteiger partial charge in [0.05, 0.1) is 25.0 Å². The molecule has 1 aliphatic heterocycles. The van der Waals surface area contributed by atoms with Crippen molar-refractivity contribution in [3.63, 3.8) is 0 Å². The summed E-state index contributed by atoms with van der Waals surface area (Å²) >= 11 is 1.60. The Kier molecular flexibility index (Phi) is 5.98. The summed E-state index contributed by atoms with van der Waals surface area (Å²) in [6.45, 7) is 4.02. The number of aromatic nitrogens is 1. The van der Waals surface area contributed by atoms with Crippen LogP contribution < -0.4 is 5.32 Å². The Hall–Kier alpha value is -2.62. The lowest BCUT2D eigenvalue weighted by Crippen LogP contribution is -2.48. The van der Waals surface area contributed by atoms with Crippen molar-refractivity contribution >= 4 is 22.9 Å². The topological polar surface area (TPSA) is 61.6 Å². The molecule has 1 aromatic carbocycles. The number of anilines is 1. The maximum absolute atomic E-state index is 13.7. The van der Waals surface area contributed by atoms with Gasteiger partial charge in [0.1, 0.15) is 22.3 Å². The molecule has 29 heavy (non-hydrogen) atoms. The number of benzene rings is 1. The predicted molar refractivity (Wildman–Crippen MR) is 107 cm³/mol. The third kappa shape index (κ3) is 5.06. The second-order valence-electron chi connectivity index (χ2n) is 6.83. The number of carbonyl (C=O) groups excluding carboxylic acids is 1. The van der Waals surface area contributed by atoms with Crippen molar-refractivity contribution < 1.29 is 18.0 Å². The van der Waals surface area contributed by atoms with Crippen LogP contribution in [0.4, 0.5) is 14.5 Å². The van der Waals surface area contributed by atoms with Gasteiger partial charge in [-0.25, -0.2) is 13.8 Å². The molecule has 0 unspecified atom stereocenters. The molecule has 0 atom stereocenters. The Morgan fingerprint density at radius 1 is 1.17 bits per heavy atom.